The van der Waals surface area contributed by atoms with Crippen molar-refractivity contribution < 1.29 is 19.1 Å². The molecular formula is C39H47N5O4S2. The van der Waals surface area contributed by atoms with Gasteiger partial charge in [-0.15, -0.1) is 22.7 Å². The number of alkyl carbamates (subject to hydrolysis) is 1. The van der Waals surface area contributed by atoms with Gasteiger partial charge >= 0.3 is 6.09 Å². The van der Waals surface area contributed by atoms with Crippen molar-refractivity contribution in [2.75, 3.05) is 19.7 Å². The number of likely N-dealkylation sites (tertiary alicyclic amines) is 2. The van der Waals surface area contributed by atoms with Gasteiger partial charge in [-0.25, -0.2) is 14.8 Å². The van der Waals surface area contributed by atoms with E-state index in [0.717, 1.165) is 74.3 Å². The fourth-order valence-electron chi connectivity index (χ4n) is 6.87. The Labute approximate surface area is 303 Å². The molecule has 4 aromatic rings. The first-order chi connectivity index (χ1) is 24.1. The molecule has 1 N–H and O–H groups in total. The first-order valence-corrected chi connectivity index (χ1v) is 19.4. The second kappa shape index (κ2) is 15.9. The maximum Gasteiger partial charge on any atom is 0.407 e. The average Bonchev–Trinajstić information content (AvgIpc) is 3.93. The summed E-state index contributed by atoms with van der Waals surface area (Å²) in [6.07, 6.45) is 7.60. The van der Waals surface area contributed by atoms with Crippen LogP contribution >= 0.6 is 22.7 Å². The zero-order chi connectivity index (χ0) is 35.4. The fraction of sp³-hybridized carbons (Fsp3) is 0.462. The molecule has 2 aromatic carbocycles. The number of thiazole rings is 2. The van der Waals surface area contributed by atoms with Gasteiger partial charge in [-0.05, 0) is 66.7 Å². The molecule has 2 saturated heterocycles. The van der Waals surface area contributed by atoms with E-state index in [1.54, 1.807) is 29.6 Å². The lowest BCUT2D eigenvalue weighted by atomic mass is 10.0. The minimum Gasteiger partial charge on any atom is -0.450 e. The van der Waals surface area contributed by atoms with Crippen LogP contribution in [0.25, 0.3) is 32.0 Å². The maximum atomic E-state index is 13.6. The van der Waals surface area contributed by atoms with Crippen molar-refractivity contribution in [1.29, 1.82) is 0 Å². The minimum atomic E-state index is -0.649. The Kier molecular flexibility index (Phi) is 11.3. The Morgan fingerprint density at radius 1 is 0.780 bits per heavy atom. The molecule has 0 aliphatic carbocycles. The highest BCUT2D eigenvalue weighted by molar-refractivity contribution is 7.15. The van der Waals surface area contributed by atoms with E-state index in [9.17, 15) is 14.4 Å². The van der Waals surface area contributed by atoms with Crippen LogP contribution in [-0.4, -0.2) is 63.4 Å². The average molecular weight is 714 g/mol. The summed E-state index contributed by atoms with van der Waals surface area (Å²) in [4.78, 5) is 54.2. The lowest BCUT2D eigenvalue weighted by molar-refractivity contribution is -0.135. The molecule has 2 fully saturated rings. The van der Waals surface area contributed by atoms with Gasteiger partial charge in [0.2, 0.25) is 11.8 Å². The zero-order valence-corrected chi connectivity index (χ0v) is 31.2. The van der Waals surface area contributed by atoms with E-state index >= 15 is 0 Å². The van der Waals surface area contributed by atoms with Gasteiger partial charge in [-0.3, -0.25) is 9.59 Å². The van der Waals surface area contributed by atoms with E-state index in [0.29, 0.717) is 18.9 Å². The van der Waals surface area contributed by atoms with Crippen LogP contribution in [-0.2, 0) is 14.3 Å². The normalized spacial score (nSPS) is 18.2. The van der Waals surface area contributed by atoms with Crippen LogP contribution in [0, 0.1) is 11.8 Å². The maximum absolute atomic E-state index is 13.6. The van der Waals surface area contributed by atoms with E-state index in [1.807, 2.05) is 36.0 Å². The Bertz CT molecular complexity index is 1780. The third-order valence-electron chi connectivity index (χ3n) is 9.46. The molecule has 0 bridgehead atoms. The van der Waals surface area contributed by atoms with Gasteiger partial charge in [0.1, 0.15) is 16.1 Å². The van der Waals surface area contributed by atoms with Gasteiger partial charge in [0.15, 0.2) is 0 Å². The third kappa shape index (κ3) is 7.94. The van der Waals surface area contributed by atoms with Crippen molar-refractivity contribution in [3.05, 3.63) is 70.9 Å². The number of carbonyl (C=O) groups excluding carboxylic acids is 3. The number of hydrogen-bond acceptors (Lipinski definition) is 8. The Morgan fingerprint density at radius 2 is 1.26 bits per heavy atom. The number of benzene rings is 2. The molecule has 4 heterocycles. The summed E-state index contributed by atoms with van der Waals surface area (Å²) in [7, 11) is 0. The summed E-state index contributed by atoms with van der Waals surface area (Å²) in [5.41, 5.74) is 4.47. The predicted molar refractivity (Wildman–Crippen MR) is 200 cm³/mol. The Hall–Kier alpha value is -4.09. The van der Waals surface area contributed by atoms with Crippen molar-refractivity contribution in [3.63, 3.8) is 0 Å². The molecule has 3 atom stereocenters. The predicted octanol–water partition coefficient (Wildman–Crippen LogP) is 8.74. The van der Waals surface area contributed by atoms with Crippen molar-refractivity contribution in [3.8, 4) is 32.0 Å². The van der Waals surface area contributed by atoms with Crippen LogP contribution in [0.4, 0.5) is 4.79 Å². The largest absolute Gasteiger partial charge is 0.450 e. The van der Waals surface area contributed by atoms with Gasteiger partial charge < -0.3 is 19.9 Å². The van der Waals surface area contributed by atoms with Crippen molar-refractivity contribution >= 4 is 40.6 Å². The molecule has 2 aliphatic heterocycles. The number of ether oxygens (including phenoxy) is 1. The quantitative estimate of drug-likeness (QED) is 0.167. The summed E-state index contributed by atoms with van der Waals surface area (Å²) in [5, 5.41) is 4.71. The van der Waals surface area contributed by atoms with Gasteiger partial charge in [-0.2, -0.15) is 0 Å². The molecule has 2 aliphatic rings. The molecule has 9 nitrogen and oxygen atoms in total. The number of amides is 3. The first kappa shape index (κ1) is 35.7. The molecule has 0 radical (unpaired) electrons. The molecule has 6 rings (SSSR count). The third-order valence-corrected chi connectivity index (χ3v) is 11.8. The lowest BCUT2D eigenvalue weighted by Gasteiger charge is -2.30. The van der Waals surface area contributed by atoms with Crippen LogP contribution in [0.15, 0.2) is 60.9 Å². The van der Waals surface area contributed by atoms with Crippen LogP contribution < -0.4 is 5.32 Å². The van der Waals surface area contributed by atoms with Gasteiger partial charge in [0.05, 0.1) is 28.4 Å². The topological polar surface area (TPSA) is 105 Å². The number of nitrogens with zero attached hydrogens (tertiary/aromatic N) is 4. The minimum absolute atomic E-state index is 0.0734. The lowest BCUT2D eigenvalue weighted by Crippen LogP contribution is -2.51. The number of rotatable bonds is 11. The van der Waals surface area contributed by atoms with Gasteiger partial charge in [-0.1, -0.05) is 76.2 Å². The summed E-state index contributed by atoms with van der Waals surface area (Å²) in [6.45, 7) is 11.5. The van der Waals surface area contributed by atoms with Crippen molar-refractivity contribution in [1.82, 2.24) is 25.1 Å². The van der Waals surface area contributed by atoms with E-state index in [4.69, 9.17) is 14.7 Å². The molecule has 11 heteroatoms. The second-order valence-corrected chi connectivity index (χ2v) is 16.0. The number of aromatic nitrogens is 2. The van der Waals surface area contributed by atoms with E-state index in [-0.39, 0.29) is 36.4 Å². The van der Waals surface area contributed by atoms with E-state index in [2.05, 4.69) is 67.7 Å². The Morgan fingerprint density at radius 3 is 1.74 bits per heavy atom. The van der Waals surface area contributed by atoms with Crippen LogP contribution in [0.5, 0.6) is 0 Å². The van der Waals surface area contributed by atoms with Gasteiger partial charge in [0.25, 0.3) is 0 Å². The number of carbonyl (C=O) groups is 3. The summed E-state index contributed by atoms with van der Waals surface area (Å²) in [6, 6.07) is 16.4. The van der Waals surface area contributed by atoms with E-state index < -0.39 is 12.1 Å². The van der Waals surface area contributed by atoms with Gasteiger partial charge in [0, 0.05) is 31.9 Å². The first-order valence-electron chi connectivity index (χ1n) is 17.8. The summed E-state index contributed by atoms with van der Waals surface area (Å²) < 4.78 is 5.05. The summed E-state index contributed by atoms with van der Waals surface area (Å²) in [5.74, 6) is 0.424. The molecule has 3 amide bonds. The highest BCUT2D eigenvalue weighted by Gasteiger charge is 2.37. The molecule has 0 saturated carbocycles. The molecule has 50 heavy (non-hydrogen) atoms. The monoisotopic (exact) mass is 713 g/mol. The molecule has 0 unspecified atom stereocenters. The second-order valence-electron chi connectivity index (χ2n) is 13.9. The van der Waals surface area contributed by atoms with Crippen molar-refractivity contribution in [2.24, 2.45) is 11.8 Å². The smallest absolute Gasteiger partial charge is 0.407 e. The number of hydrogen-bond donors (Lipinski definition) is 1. The highest BCUT2D eigenvalue weighted by Crippen LogP contribution is 2.40. The SMILES string of the molecule is CCOC(=O)N[C@@H](C(=O)N1CCC[C@H]1c1ncc(-c2ccc(-c3ccc(-c4cnc([C@@H]5CCCN5C(=O)CC(C)C)s4)cc3)cc2)s1)C(C)C. The van der Waals surface area contributed by atoms with E-state index in [1.165, 1.54) is 0 Å². The van der Waals surface area contributed by atoms with Crippen LogP contribution in [0.3, 0.4) is 0 Å². The zero-order valence-electron chi connectivity index (χ0n) is 29.6. The van der Waals surface area contributed by atoms with Crippen LogP contribution in [0.1, 0.15) is 88.8 Å². The van der Waals surface area contributed by atoms with Crippen molar-refractivity contribution in [2.45, 2.75) is 84.8 Å². The number of nitrogens with one attached hydrogen (secondary N) is 1. The molecule has 2 aromatic heterocycles. The molecular weight excluding hydrogens is 667 g/mol. The van der Waals surface area contributed by atoms with Crippen LogP contribution in [0.2, 0.25) is 0 Å². The molecule has 264 valence electrons. The Balaban J connectivity index is 1.10. The summed E-state index contributed by atoms with van der Waals surface area (Å²) >= 11 is 3.31. The highest BCUT2D eigenvalue weighted by atomic mass is 32.1. The molecule has 0 spiro atoms. The fourth-order valence-corrected chi connectivity index (χ4v) is 9.01. The standard InChI is InChI=1S/C39H47N5O4S2/c1-6-48-39(47)42-35(25(4)5)38(46)44-20-8-10-31(44)37-41-23-33(50-37)29-17-13-27(14-18-29)26-11-15-28(16-12-26)32-22-40-36(49-32)30-9-7-19-43(30)34(45)21-24(2)3/h11-18,22-25,30-31,35H,6-10,19-21H2,1-5H3,(H,42,47)/t30-,31-,35+/m0/s1.